The molecule has 0 fully saturated rings. The van der Waals surface area contributed by atoms with Crippen molar-refractivity contribution in [1.82, 2.24) is 14.9 Å². The van der Waals surface area contributed by atoms with Crippen LogP contribution < -0.4 is 9.47 Å². The third-order valence-electron chi connectivity index (χ3n) is 8.04. The summed E-state index contributed by atoms with van der Waals surface area (Å²) >= 11 is 0. The monoisotopic (exact) mass is 717 g/mol. The van der Waals surface area contributed by atoms with Crippen LogP contribution in [0.3, 0.4) is 0 Å². The highest BCUT2D eigenvalue weighted by Gasteiger charge is 2.51. The number of methoxy groups -OCH3 is 1. The van der Waals surface area contributed by atoms with E-state index >= 15 is 0 Å². The summed E-state index contributed by atoms with van der Waals surface area (Å²) in [7, 11) is 2.91. The second-order valence-electron chi connectivity index (χ2n) is 12.8. The fraction of sp³-hybridized carbons (Fsp3) is 0.447. The molecule has 1 heterocycles. The Hall–Kier alpha value is -4.81. The quantitative estimate of drug-likeness (QED) is 0.0882. The zero-order valence-electron chi connectivity index (χ0n) is 30.7. The number of amides is 1. The van der Waals surface area contributed by atoms with Gasteiger partial charge in [0, 0.05) is 44.0 Å². The highest BCUT2D eigenvalue weighted by atomic mass is 19.4. The molecule has 51 heavy (non-hydrogen) atoms. The third-order valence-corrected chi connectivity index (χ3v) is 8.04. The van der Waals surface area contributed by atoms with Crippen molar-refractivity contribution in [3.63, 3.8) is 0 Å². The Morgan fingerprint density at radius 2 is 1.59 bits per heavy atom. The minimum atomic E-state index is -4.33. The van der Waals surface area contributed by atoms with Crippen molar-refractivity contribution in [3.8, 4) is 22.8 Å². The first-order chi connectivity index (χ1) is 23.7. The van der Waals surface area contributed by atoms with Crippen LogP contribution >= 0.6 is 0 Å². The maximum absolute atomic E-state index is 14.5. The van der Waals surface area contributed by atoms with Crippen molar-refractivity contribution in [2.24, 2.45) is 11.3 Å². The molecule has 1 unspecified atom stereocenters. The Morgan fingerprint density at radius 3 is 2.10 bits per heavy atom. The molecular formula is C38H47F4N3O6. The van der Waals surface area contributed by atoms with Gasteiger partial charge in [-0.1, -0.05) is 31.2 Å². The second kappa shape index (κ2) is 18.4. The number of rotatable bonds is 15. The lowest BCUT2D eigenvalue weighted by molar-refractivity contribution is -0.208. The molecule has 0 N–H and O–H groups in total. The number of ketones is 2. The number of hydrogen-bond donors (Lipinski definition) is 0. The number of halogens is 4. The molecule has 0 radical (unpaired) electrons. The summed E-state index contributed by atoms with van der Waals surface area (Å²) in [6.07, 6.45) is -0.901. The third kappa shape index (κ3) is 12.5. The molecule has 0 bridgehead atoms. The van der Waals surface area contributed by atoms with Gasteiger partial charge in [0.05, 0.1) is 43.2 Å². The van der Waals surface area contributed by atoms with Crippen LogP contribution in [0.5, 0.6) is 11.5 Å². The van der Waals surface area contributed by atoms with E-state index in [2.05, 4.69) is 16.5 Å². The highest BCUT2D eigenvalue weighted by molar-refractivity contribution is 5.82. The molecule has 0 saturated heterocycles. The van der Waals surface area contributed by atoms with Gasteiger partial charge < -0.3 is 19.1 Å². The van der Waals surface area contributed by atoms with E-state index in [1.807, 2.05) is 6.92 Å². The number of nitrogens with zero attached hydrogens (tertiary/aromatic N) is 3. The smallest absolute Gasteiger partial charge is 0.400 e. The number of allylic oxidation sites excluding steroid dienone is 3. The van der Waals surface area contributed by atoms with Gasteiger partial charge >= 0.3 is 6.18 Å². The zero-order chi connectivity index (χ0) is 38.7. The van der Waals surface area contributed by atoms with Crippen LogP contribution in [0.4, 0.5) is 17.6 Å². The van der Waals surface area contributed by atoms with Crippen molar-refractivity contribution in [1.29, 1.82) is 0 Å². The first kappa shape index (κ1) is 42.4. The van der Waals surface area contributed by atoms with E-state index in [1.165, 1.54) is 33.1 Å². The van der Waals surface area contributed by atoms with E-state index in [1.54, 1.807) is 56.3 Å². The van der Waals surface area contributed by atoms with Gasteiger partial charge in [-0.15, -0.1) is 0 Å². The molecule has 13 heteroatoms. The molecule has 9 nitrogen and oxygen atoms in total. The fourth-order valence-electron chi connectivity index (χ4n) is 4.36. The Balaban J connectivity index is 0.000000544. The first-order valence-electron chi connectivity index (χ1n) is 16.2. The summed E-state index contributed by atoms with van der Waals surface area (Å²) in [4.78, 5) is 45.1. The van der Waals surface area contributed by atoms with Crippen molar-refractivity contribution >= 4 is 28.5 Å². The fourth-order valence-corrected chi connectivity index (χ4v) is 4.36. The lowest BCUT2D eigenvalue weighted by Crippen LogP contribution is -2.34. The lowest BCUT2D eigenvalue weighted by atomic mass is 9.89. The van der Waals surface area contributed by atoms with Gasteiger partial charge in [0.15, 0.2) is 11.5 Å². The number of carbonyl (C=O) groups is 3. The number of carbonyl (C=O) groups excluding carboxylic acids is 3. The SMILES string of the molecule is C=C(C)/C=C(\OC)C(C)(C)C(F)(F)F.CC(=O)Cc1ccc(-c2cnc3cc(OCCC(C)C(C)=O)c(OCCN(C)C(C)=O)cc3n2)cc1F. The highest BCUT2D eigenvalue weighted by Crippen LogP contribution is 2.43. The van der Waals surface area contributed by atoms with E-state index in [-0.39, 0.29) is 42.2 Å². The zero-order valence-corrected chi connectivity index (χ0v) is 30.7. The summed E-state index contributed by atoms with van der Waals surface area (Å²) in [5.74, 6) is 0.0504. The standard InChI is InChI=1S/C28H32FN3O5.C10H15F3O/c1-17(19(3)34)8-10-36-27-14-24-25(15-28(27)37-11-9-32(5)20(4)35)31-26(16-30-24)22-7-6-21(12-18(2)33)23(29)13-22;1-7(2)6-8(14-5)9(3,4)10(11,12)13/h6-7,13-17H,8-12H2,1-5H3;6H,1H2,2-5H3/b;8-6-. The number of fused-ring (bicyclic) bond motifs is 1. The largest absolute Gasteiger partial charge is 0.500 e. The predicted molar refractivity (Wildman–Crippen MR) is 188 cm³/mol. The minimum Gasteiger partial charge on any atom is -0.500 e. The Bertz CT molecular complexity index is 1750. The van der Waals surface area contributed by atoms with Crippen LogP contribution in [-0.4, -0.2) is 72.4 Å². The molecule has 278 valence electrons. The average Bonchev–Trinajstić information content (AvgIpc) is 3.03. The maximum Gasteiger partial charge on any atom is 0.400 e. The molecule has 3 rings (SSSR count). The summed E-state index contributed by atoms with van der Waals surface area (Å²) in [5.41, 5.74) is 0.942. The molecule has 0 aliphatic heterocycles. The van der Waals surface area contributed by atoms with Gasteiger partial charge in [0.25, 0.3) is 0 Å². The Kier molecular flexibility index (Phi) is 15.3. The Morgan fingerprint density at radius 1 is 0.980 bits per heavy atom. The molecule has 2 aromatic carbocycles. The number of Topliss-reactive ketones (excluding diaryl/α,β-unsaturated/α-hetero) is 2. The number of alkyl halides is 3. The molecule has 1 aromatic heterocycles. The van der Waals surface area contributed by atoms with Crippen LogP contribution in [0.25, 0.3) is 22.3 Å². The van der Waals surface area contributed by atoms with E-state index in [0.717, 1.165) is 13.8 Å². The molecule has 1 atom stereocenters. The van der Waals surface area contributed by atoms with Crippen LogP contribution in [0.2, 0.25) is 0 Å². The topological polar surface area (TPSA) is 108 Å². The minimum absolute atomic E-state index is 0.0308. The van der Waals surface area contributed by atoms with Crippen LogP contribution in [-0.2, 0) is 25.5 Å². The summed E-state index contributed by atoms with van der Waals surface area (Å²) in [6, 6.07) is 8.04. The molecule has 0 saturated carbocycles. The van der Waals surface area contributed by atoms with E-state index in [9.17, 15) is 31.9 Å². The van der Waals surface area contributed by atoms with Crippen LogP contribution in [0.1, 0.15) is 60.5 Å². The van der Waals surface area contributed by atoms with Crippen molar-refractivity contribution in [2.45, 2.75) is 67.5 Å². The van der Waals surface area contributed by atoms with E-state index < -0.39 is 17.4 Å². The maximum atomic E-state index is 14.5. The van der Waals surface area contributed by atoms with Gasteiger partial charge in [-0.25, -0.2) is 9.37 Å². The van der Waals surface area contributed by atoms with Gasteiger partial charge in [0.2, 0.25) is 5.91 Å². The van der Waals surface area contributed by atoms with Crippen molar-refractivity contribution in [3.05, 3.63) is 71.9 Å². The van der Waals surface area contributed by atoms with Gasteiger partial charge in [-0.05, 0) is 58.7 Å². The molecule has 0 spiro atoms. The molecule has 0 aliphatic rings. The summed E-state index contributed by atoms with van der Waals surface area (Å²) < 4.78 is 68.9. The molecule has 1 amide bonds. The summed E-state index contributed by atoms with van der Waals surface area (Å²) in [5, 5.41) is 0. The van der Waals surface area contributed by atoms with Gasteiger partial charge in [0.1, 0.15) is 35.2 Å². The van der Waals surface area contributed by atoms with Crippen molar-refractivity contribution in [2.75, 3.05) is 33.9 Å². The number of ether oxygens (including phenoxy) is 3. The Labute approximate surface area is 296 Å². The van der Waals surface area contributed by atoms with Gasteiger partial charge in [-0.3, -0.25) is 19.4 Å². The number of aromatic nitrogens is 2. The lowest BCUT2D eigenvalue weighted by Gasteiger charge is -2.29. The first-order valence-corrected chi connectivity index (χ1v) is 16.2. The molecule has 0 aliphatic carbocycles. The number of benzene rings is 2. The molecular weight excluding hydrogens is 670 g/mol. The van der Waals surface area contributed by atoms with Crippen LogP contribution in [0.15, 0.2) is 60.5 Å². The second-order valence-corrected chi connectivity index (χ2v) is 12.8. The number of likely N-dealkylation sites (N-methyl/N-ethyl adjacent to an activating group) is 1. The van der Waals surface area contributed by atoms with Crippen molar-refractivity contribution < 1.29 is 46.2 Å². The van der Waals surface area contributed by atoms with Gasteiger partial charge in [-0.2, -0.15) is 13.2 Å². The van der Waals surface area contributed by atoms with E-state index in [4.69, 9.17) is 14.2 Å². The normalized spacial score (nSPS) is 12.4. The average molecular weight is 718 g/mol. The van der Waals surface area contributed by atoms with E-state index in [0.29, 0.717) is 64.5 Å². The number of hydrogen-bond acceptors (Lipinski definition) is 8. The predicted octanol–water partition coefficient (Wildman–Crippen LogP) is 8.10. The molecule has 3 aromatic rings. The summed E-state index contributed by atoms with van der Waals surface area (Å²) in [6.45, 7) is 14.5. The van der Waals surface area contributed by atoms with Crippen LogP contribution in [0, 0.1) is 17.2 Å².